The molecule has 0 radical (unpaired) electrons. The number of hydrogen-bond acceptors (Lipinski definition) is 4. The van der Waals surface area contributed by atoms with Crippen LogP contribution < -0.4 is 16.0 Å². The van der Waals surface area contributed by atoms with Gasteiger partial charge in [0.15, 0.2) is 0 Å². The molecule has 1 aliphatic heterocycles. The van der Waals surface area contributed by atoms with Gasteiger partial charge in [-0.2, -0.15) is 0 Å². The standard InChI is InChI=1S/C29H31FN4O2/c1-4-26(35)31-15-14-19-6-5-7-21(16-19)28(32-23-11-8-20(9-12-23)18-34(2)3)27-24-13-10-22(30)17-25(24)33-29(27)36/h5-13,16-17,32H,4,14-15,18H2,1-3H3,(H,31,35)(H,33,36)/b28-27-. The molecule has 0 saturated carbocycles. The average Bonchev–Trinajstić information content (AvgIpc) is 3.17. The molecule has 0 atom stereocenters. The van der Waals surface area contributed by atoms with Gasteiger partial charge >= 0.3 is 0 Å². The van der Waals surface area contributed by atoms with Crippen LogP contribution in [-0.4, -0.2) is 37.4 Å². The van der Waals surface area contributed by atoms with Crippen molar-refractivity contribution in [2.75, 3.05) is 31.3 Å². The summed E-state index contributed by atoms with van der Waals surface area (Å²) in [6, 6.07) is 20.3. The molecule has 4 rings (SSSR count). The predicted molar refractivity (Wildman–Crippen MR) is 143 cm³/mol. The van der Waals surface area contributed by atoms with E-state index in [1.54, 1.807) is 6.07 Å². The second-order valence-corrected chi connectivity index (χ2v) is 9.11. The number of anilines is 2. The number of nitrogens with zero attached hydrogens (tertiary/aromatic N) is 1. The summed E-state index contributed by atoms with van der Waals surface area (Å²) in [6.45, 7) is 3.18. The predicted octanol–water partition coefficient (Wildman–Crippen LogP) is 4.89. The van der Waals surface area contributed by atoms with E-state index in [-0.39, 0.29) is 11.8 Å². The molecule has 7 heteroatoms. The number of benzene rings is 3. The van der Waals surface area contributed by atoms with Gasteiger partial charge < -0.3 is 20.9 Å². The number of nitrogens with one attached hydrogen (secondary N) is 3. The highest BCUT2D eigenvalue weighted by Crippen LogP contribution is 2.38. The summed E-state index contributed by atoms with van der Waals surface area (Å²) in [5, 5.41) is 9.15. The van der Waals surface area contributed by atoms with Crippen LogP contribution in [0.3, 0.4) is 0 Å². The number of rotatable bonds is 9. The SMILES string of the molecule is CCC(=O)NCCc1cccc(/C(Nc2ccc(CN(C)C)cc2)=C2/C(=O)Nc3cc(F)ccc32)c1. The van der Waals surface area contributed by atoms with Crippen molar-refractivity contribution in [1.82, 2.24) is 10.2 Å². The van der Waals surface area contributed by atoms with Gasteiger partial charge in [-0.25, -0.2) is 4.39 Å². The van der Waals surface area contributed by atoms with Gasteiger partial charge in [0.1, 0.15) is 5.82 Å². The summed E-state index contributed by atoms with van der Waals surface area (Å²) in [4.78, 5) is 26.8. The Labute approximate surface area is 211 Å². The van der Waals surface area contributed by atoms with Crippen LogP contribution in [0.25, 0.3) is 11.3 Å². The Morgan fingerprint density at radius 1 is 1.00 bits per heavy atom. The van der Waals surface area contributed by atoms with Crippen molar-refractivity contribution in [3.05, 3.63) is 94.8 Å². The van der Waals surface area contributed by atoms with E-state index in [1.807, 2.05) is 57.4 Å². The summed E-state index contributed by atoms with van der Waals surface area (Å²) in [5.74, 6) is -0.680. The first kappa shape index (κ1) is 25.1. The molecular weight excluding hydrogens is 455 g/mol. The fourth-order valence-corrected chi connectivity index (χ4v) is 4.23. The van der Waals surface area contributed by atoms with Gasteiger partial charge in [-0.3, -0.25) is 9.59 Å². The molecule has 3 N–H and O–H groups in total. The average molecular weight is 487 g/mol. The van der Waals surface area contributed by atoms with Crippen LogP contribution in [0.4, 0.5) is 15.8 Å². The quantitative estimate of drug-likeness (QED) is 0.377. The third kappa shape index (κ3) is 5.98. The lowest BCUT2D eigenvalue weighted by atomic mass is 9.98. The molecule has 0 bridgehead atoms. The highest BCUT2D eigenvalue weighted by Gasteiger charge is 2.29. The Balaban J connectivity index is 1.72. The van der Waals surface area contributed by atoms with Crippen LogP contribution in [0.5, 0.6) is 0 Å². The van der Waals surface area contributed by atoms with Crippen molar-refractivity contribution < 1.29 is 14.0 Å². The van der Waals surface area contributed by atoms with Crippen molar-refractivity contribution in [2.45, 2.75) is 26.3 Å². The minimum absolute atomic E-state index is 0.0137. The molecule has 3 aromatic rings. The minimum atomic E-state index is -0.405. The maximum atomic E-state index is 13.9. The van der Waals surface area contributed by atoms with Crippen molar-refractivity contribution >= 4 is 34.5 Å². The van der Waals surface area contributed by atoms with E-state index >= 15 is 0 Å². The minimum Gasteiger partial charge on any atom is -0.356 e. The maximum Gasteiger partial charge on any atom is 0.258 e. The van der Waals surface area contributed by atoms with Gasteiger partial charge in [0.2, 0.25) is 5.91 Å². The molecule has 1 aliphatic rings. The van der Waals surface area contributed by atoms with Gasteiger partial charge in [0.25, 0.3) is 5.91 Å². The molecule has 0 aliphatic carbocycles. The molecule has 0 fully saturated rings. The molecule has 0 saturated heterocycles. The van der Waals surface area contributed by atoms with Crippen LogP contribution in [0.2, 0.25) is 0 Å². The summed E-state index contributed by atoms with van der Waals surface area (Å²) < 4.78 is 13.9. The van der Waals surface area contributed by atoms with E-state index in [1.165, 1.54) is 17.7 Å². The highest BCUT2D eigenvalue weighted by molar-refractivity contribution is 6.37. The lowest BCUT2D eigenvalue weighted by Gasteiger charge is -2.17. The zero-order chi connectivity index (χ0) is 25.7. The van der Waals surface area contributed by atoms with Gasteiger partial charge in [-0.1, -0.05) is 37.3 Å². The monoisotopic (exact) mass is 486 g/mol. The largest absolute Gasteiger partial charge is 0.356 e. The number of hydrogen-bond donors (Lipinski definition) is 3. The number of amides is 2. The maximum absolute atomic E-state index is 13.9. The van der Waals surface area contributed by atoms with Crippen LogP contribution in [0, 0.1) is 5.82 Å². The first-order valence-electron chi connectivity index (χ1n) is 12.1. The van der Waals surface area contributed by atoms with E-state index in [9.17, 15) is 14.0 Å². The lowest BCUT2D eigenvalue weighted by Crippen LogP contribution is -2.24. The Hall–Kier alpha value is -3.97. The smallest absolute Gasteiger partial charge is 0.258 e. The molecule has 1 heterocycles. The van der Waals surface area contributed by atoms with E-state index < -0.39 is 5.82 Å². The van der Waals surface area contributed by atoms with E-state index in [0.717, 1.165) is 23.4 Å². The van der Waals surface area contributed by atoms with E-state index in [2.05, 4.69) is 33.0 Å². The molecule has 3 aromatic carbocycles. The Kier molecular flexibility index (Phi) is 7.80. The lowest BCUT2D eigenvalue weighted by molar-refractivity contribution is -0.120. The summed E-state index contributed by atoms with van der Waals surface area (Å²) in [6.07, 6.45) is 1.11. The first-order chi connectivity index (χ1) is 17.3. The zero-order valence-corrected chi connectivity index (χ0v) is 20.8. The van der Waals surface area contributed by atoms with Crippen molar-refractivity contribution in [3.8, 4) is 0 Å². The number of carbonyl (C=O) groups is 2. The molecule has 36 heavy (non-hydrogen) atoms. The molecule has 186 valence electrons. The third-order valence-electron chi connectivity index (χ3n) is 5.97. The molecule has 2 amide bonds. The second-order valence-electron chi connectivity index (χ2n) is 9.11. The topological polar surface area (TPSA) is 73.5 Å². The van der Waals surface area contributed by atoms with Gasteiger partial charge in [0, 0.05) is 30.8 Å². The molecule has 0 aromatic heterocycles. The van der Waals surface area contributed by atoms with Crippen LogP contribution in [-0.2, 0) is 22.6 Å². The fraction of sp³-hybridized carbons (Fsp3) is 0.241. The summed E-state index contributed by atoms with van der Waals surface area (Å²) in [5.41, 5.74) is 6.07. The molecule has 6 nitrogen and oxygen atoms in total. The second kappa shape index (κ2) is 11.2. The normalized spacial score (nSPS) is 13.9. The summed E-state index contributed by atoms with van der Waals surface area (Å²) >= 11 is 0. The van der Waals surface area contributed by atoms with Crippen LogP contribution in [0.1, 0.15) is 35.6 Å². The van der Waals surface area contributed by atoms with E-state index in [4.69, 9.17) is 0 Å². The van der Waals surface area contributed by atoms with E-state index in [0.29, 0.717) is 41.9 Å². The van der Waals surface area contributed by atoms with Gasteiger partial charge in [-0.15, -0.1) is 0 Å². The van der Waals surface area contributed by atoms with Crippen molar-refractivity contribution in [3.63, 3.8) is 0 Å². The fourth-order valence-electron chi connectivity index (χ4n) is 4.23. The van der Waals surface area contributed by atoms with Crippen LogP contribution in [0.15, 0.2) is 66.7 Å². The molecular formula is C29H31FN4O2. The Bertz CT molecular complexity index is 1300. The molecule has 0 unspecified atom stereocenters. The third-order valence-corrected chi connectivity index (χ3v) is 5.97. The number of halogens is 1. The van der Waals surface area contributed by atoms with Gasteiger partial charge in [0.05, 0.1) is 17.0 Å². The van der Waals surface area contributed by atoms with Crippen LogP contribution >= 0.6 is 0 Å². The Morgan fingerprint density at radius 3 is 2.50 bits per heavy atom. The Morgan fingerprint density at radius 2 is 1.78 bits per heavy atom. The first-order valence-corrected chi connectivity index (χ1v) is 12.1. The zero-order valence-electron chi connectivity index (χ0n) is 20.8. The van der Waals surface area contributed by atoms with Crippen molar-refractivity contribution in [1.29, 1.82) is 0 Å². The number of carbonyl (C=O) groups excluding carboxylic acids is 2. The molecule has 0 spiro atoms. The van der Waals surface area contributed by atoms with Gasteiger partial charge in [-0.05, 0) is 73.6 Å². The van der Waals surface area contributed by atoms with Crippen molar-refractivity contribution in [2.24, 2.45) is 0 Å². The highest BCUT2D eigenvalue weighted by atomic mass is 19.1. The summed E-state index contributed by atoms with van der Waals surface area (Å²) in [7, 11) is 4.04. The number of fused-ring (bicyclic) bond motifs is 1.